The Labute approximate surface area is 223 Å². The normalized spacial score (nSPS) is 16.3. The number of benzene rings is 4. The lowest BCUT2D eigenvalue weighted by atomic mass is 9.79. The van der Waals surface area contributed by atoms with Gasteiger partial charge in [-0.3, -0.25) is 0 Å². The molecule has 4 nitrogen and oxygen atoms in total. The van der Waals surface area contributed by atoms with Gasteiger partial charge in [-0.15, -0.1) is 0 Å². The summed E-state index contributed by atoms with van der Waals surface area (Å²) >= 11 is 0. The van der Waals surface area contributed by atoms with E-state index in [0.717, 1.165) is 25.7 Å². The third kappa shape index (κ3) is 6.38. The standard InChI is InChI=1S/C34H28N2O2/c37-23-35-33-16-8-27(9-17-33)20-25-4-12-29(13-5-25)31-2-1-3-32(22-31)30-14-6-26(7-15-30)21-28-10-18-34(19-11-28)36-24-38/h1-2,4-19,31-32H,3,20-22H2. The molecule has 186 valence electrons. The molecule has 2 atom stereocenters. The summed E-state index contributed by atoms with van der Waals surface area (Å²) in [5.74, 6) is 0.919. The Bertz CT molecular complexity index is 1490. The predicted molar refractivity (Wildman–Crippen MR) is 151 cm³/mol. The first-order chi connectivity index (χ1) is 18.7. The van der Waals surface area contributed by atoms with E-state index >= 15 is 0 Å². The van der Waals surface area contributed by atoms with Gasteiger partial charge in [-0.25, -0.2) is 9.59 Å². The first kappa shape index (κ1) is 25.0. The molecule has 2 unspecified atom stereocenters. The van der Waals surface area contributed by atoms with E-state index in [1.165, 1.54) is 33.4 Å². The van der Waals surface area contributed by atoms with Crippen molar-refractivity contribution in [1.29, 1.82) is 0 Å². The van der Waals surface area contributed by atoms with Crippen LogP contribution in [0, 0.1) is 0 Å². The highest BCUT2D eigenvalue weighted by atomic mass is 16.1. The van der Waals surface area contributed by atoms with E-state index in [4.69, 9.17) is 0 Å². The third-order valence-electron chi connectivity index (χ3n) is 7.23. The number of carbonyl (C=O) groups excluding carboxylic acids is 2. The highest BCUT2D eigenvalue weighted by molar-refractivity contribution is 5.50. The molecule has 4 heteroatoms. The van der Waals surface area contributed by atoms with Crippen LogP contribution in [0.15, 0.2) is 119 Å². The Kier molecular flexibility index (Phi) is 7.96. The number of rotatable bonds is 8. The minimum atomic E-state index is 0.413. The average molecular weight is 497 g/mol. The predicted octanol–water partition coefficient (Wildman–Crippen LogP) is 8.02. The first-order valence-corrected chi connectivity index (χ1v) is 12.9. The van der Waals surface area contributed by atoms with Crippen LogP contribution in [-0.2, 0) is 22.4 Å². The van der Waals surface area contributed by atoms with Crippen LogP contribution in [0.3, 0.4) is 0 Å². The smallest absolute Gasteiger partial charge is 0.211 e. The fourth-order valence-corrected chi connectivity index (χ4v) is 5.15. The second-order valence-electron chi connectivity index (χ2n) is 9.78. The van der Waals surface area contributed by atoms with Crippen LogP contribution in [0.4, 0.5) is 11.4 Å². The molecule has 0 saturated heterocycles. The lowest BCUT2D eigenvalue weighted by molar-refractivity contribution is 0.564. The van der Waals surface area contributed by atoms with Crippen LogP contribution >= 0.6 is 0 Å². The SMILES string of the molecule is O=C=Nc1ccc(Cc2ccc(C3C=CCC(c4ccc(Cc5ccc(N=C=O)cc5)cc4)C3)cc2)cc1. The summed E-state index contributed by atoms with van der Waals surface area (Å²) in [5.41, 5.74) is 8.91. The quantitative estimate of drug-likeness (QED) is 0.141. The Morgan fingerprint density at radius 2 is 1.00 bits per heavy atom. The molecular formula is C34H28N2O2. The number of isocyanates is 2. The van der Waals surface area contributed by atoms with Gasteiger partial charge in [0.1, 0.15) is 0 Å². The molecule has 0 bridgehead atoms. The molecule has 0 radical (unpaired) electrons. The molecule has 0 N–H and O–H groups in total. The number of hydrogen-bond acceptors (Lipinski definition) is 4. The van der Waals surface area contributed by atoms with Gasteiger partial charge in [-0.2, -0.15) is 9.98 Å². The first-order valence-electron chi connectivity index (χ1n) is 12.9. The summed E-state index contributed by atoms with van der Waals surface area (Å²) in [5, 5.41) is 0. The van der Waals surface area contributed by atoms with Crippen molar-refractivity contribution in [2.45, 2.75) is 37.5 Å². The van der Waals surface area contributed by atoms with Gasteiger partial charge < -0.3 is 0 Å². The molecule has 1 aliphatic rings. The maximum absolute atomic E-state index is 10.4. The van der Waals surface area contributed by atoms with Crippen molar-refractivity contribution >= 4 is 23.5 Å². The van der Waals surface area contributed by atoms with E-state index in [9.17, 15) is 9.59 Å². The van der Waals surface area contributed by atoms with Gasteiger partial charge in [0, 0.05) is 5.92 Å². The van der Waals surface area contributed by atoms with Gasteiger partial charge in [-0.1, -0.05) is 84.9 Å². The molecule has 38 heavy (non-hydrogen) atoms. The Morgan fingerprint density at radius 3 is 1.45 bits per heavy atom. The minimum absolute atomic E-state index is 0.413. The van der Waals surface area contributed by atoms with Crippen LogP contribution in [0.1, 0.15) is 58.1 Å². The molecule has 1 aliphatic carbocycles. The maximum Gasteiger partial charge on any atom is 0.240 e. The molecule has 4 aromatic carbocycles. The van der Waals surface area contributed by atoms with E-state index in [0.29, 0.717) is 23.2 Å². The van der Waals surface area contributed by atoms with Gasteiger partial charge in [0.05, 0.1) is 11.4 Å². The molecule has 0 heterocycles. The monoisotopic (exact) mass is 496 g/mol. The fraction of sp³-hybridized carbons (Fsp3) is 0.176. The Hall–Kier alpha value is -4.62. The van der Waals surface area contributed by atoms with Crippen molar-refractivity contribution < 1.29 is 9.59 Å². The second kappa shape index (κ2) is 12.1. The summed E-state index contributed by atoms with van der Waals surface area (Å²) in [4.78, 5) is 28.1. The van der Waals surface area contributed by atoms with E-state index < -0.39 is 0 Å². The summed E-state index contributed by atoms with van der Waals surface area (Å²) in [6.07, 6.45) is 11.7. The van der Waals surface area contributed by atoms with E-state index in [1.807, 2.05) is 48.5 Å². The van der Waals surface area contributed by atoms with Crippen molar-refractivity contribution in [2.24, 2.45) is 9.98 Å². The number of allylic oxidation sites excluding steroid dienone is 2. The van der Waals surface area contributed by atoms with Gasteiger partial charge in [-0.05, 0) is 89.2 Å². The van der Waals surface area contributed by atoms with Crippen molar-refractivity contribution in [2.75, 3.05) is 0 Å². The molecule has 4 aromatic rings. The maximum atomic E-state index is 10.4. The molecule has 0 spiro atoms. The van der Waals surface area contributed by atoms with Crippen molar-refractivity contribution in [3.05, 3.63) is 143 Å². The van der Waals surface area contributed by atoms with Crippen LogP contribution < -0.4 is 0 Å². The molecule has 5 rings (SSSR count). The van der Waals surface area contributed by atoms with Crippen LogP contribution in [-0.4, -0.2) is 12.2 Å². The van der Waals surface area contributed by atoms with Crippen LogP contribution in [0.25, 0.3) is 0 Å². The molecular weight excluding hydrogens is 468 g/mol. The van der Waals surface area contributed by atoms with Crippen molar-refractivity contribution in [3.63, 3.8) is 0 Å². The lowest BCUT2D eigenvalue weighted by Gasteiger charge is -2.26. The van der Waals surface area contributed by atoms with Gasteiger partial charge in [0.15, 0.2) is 0 Å². The third-order valence-corrected chi connectivity index (χ3v) is 7.23. The summed E-state index contributed by atoms with van der Waals surface area (Å²) in [6.45, 7) is 0. The van der Waals surface area contributed by atoms with E-state index in [-0.39, 0.29) is 0 Å². The highest BCUT2D eigenvalue weighted by Crippen LogP contribution is 2.37. The van der Waals surface area contributed by atoms with E-state index in [2.05, 4.69) is 70.7 Å². The van der Waals surface area contributed by atoms with Gasteiger partial charge in [0.25, 0.3) is 0 Å². The van der Waals surface area contributed by atoms with Crippen molar-refractivity contribution in [3.8, 4) is 0 Å². The molecule has 0 amide bonds. The Balaban J connectivity index is 1.19. The Morgan fingerprint density at radius 1 is 0.579 bits per heavy atom. The average Bonchev–Trinajstić information content (AvgIpc) is 2.96. The summed E-state index contributed by atoms with van der Waals surface area (Å²) < 4.78 is 0. The fourth-order valence-electron chi connectivity index (χ4n) is 5.15. The topological polar surface area (TPSA) is 58.9 Å². The molecule has 0 aromatic heterocycles. The summed E-state index contributed by atoms with van der Waals surface area (Å²) in [7, 11) is 0. The van der Waals surface area contributed by atoms with Gasteiger partial charge >= 0.3 is 0 Å². The molecule has 0 fully saturated rings. The number of nitrogens with zero attached hydrogens (tertiary/aromatic N) is 2. The number of hydrogen-bond donors (Lipinski definition) is 0. The highest BCUT2D eigenvalue weighted by Gasteiger charge is 2.21. The van der Waals surface area contributed by atoms with Crippen molar-refractivity contribution in [1.82, 2.24) is 0 Å². The van der Waals surface area contributed by atoms with Crippen LogP contribution in [0.2, 0.25) is 0 Å². The zero-order valence-corrected chi connectivity index (χ0v) is 21.1. The van der Waals surface area contributed by atoms with E-state index in [1.54, 1.807) is 12.2 Å². The zero-order valence-electron chi connectivity index (χ0n) is 21.1. The summed E-state index contributed by atoms with van der Waals surface area (Å²) in [6, 6.07) is 33.4. The lowest BCUT2D eigenvalue weighted by Crippen LogP contribution is -2.09. The van der Waals surface area contributed by atoms with Gasteiger partial charge in [0.2, 0.25) is 12.2 Å². The molecule has 0 saturated carbocycles. The molecule has 0 aliphatic heterocycles. The largest absolute Gasteiger partial charge is 0.240 e. The number of aliphatic imine (C=N–C) groups is 2. The second-order valence-corrected chi connectivity index (χ2v) is 9.78. The minimum Gasteiger partial charge on any atom is -0.211 e. The van der Waals surface area contributed by atoms with Crippen LogP contribution in [0.5, 0.6) is 0 Å². The zero-order chi connectivity index (χ0) is 26.2.